The maximum Gasteiger partial charge on any atom is 0.235 e. The quantitative estimate of drug-likeness (QED) is 0.425. The van der Waals surface area contributed by atoms with Gasteiger partial charge >= 0.3 is 0 Å². The average Bonchev–Trinajstić information content (AvgIpc) is 2.11. The molecule has 0 radical (unpaired) electrons. The smallest absolute Gasteiger partial charge is 0.235 e. The van der Waals surface area contributed by atoms with Crippen LogP contribution in [0.25, 0.3) is 0 Å². The van der Waals surface area contributed by atoms with Crippen LogP contribution in [0.3, 0.4) is 0 Å². The van der Waals surface area contributed by atoms with Crippen LogP contribution < -0.4 is 16.8 Å². The molecule has 0 saturated carbocycles. The van der Waals surface area contributed by atoms with E-state index in [1.807, 2.05) is 0 Å². The Hall–Kier alpha value is -1.43. The second kappa shape index (κ2) is 6.09. The summed E-state index contributed by atoms with van der Waals surface area (Å²) in [6, 6.07) is -1.35. The summed E-state index contributed by atoms with van der Waals surface area (Å²) in [5.41, 5.74) is 9.93. The molecule has 80 valence electrons. The third kappa shape index (κ3) is 4.56. The monoisotopic (exact) mass is 201 g/mol. The van der Waals surface area contributed by atoms with Crippen molar-refractivity contribution in [3.05, 3.63) is 0 Å². The number of carbonyl (C=O) groups is 3. The second-order valence-electron chi connectivity index (χ2n) is 2.94. The summed E-state index contributed by atoms with van der Waals surface area (Å²) in [6.45, 7) is 1.77. The van der Waals surface area contributed by atoms with Crippen molar-refractivity contribution in [2.75, 3.05) is 0 Å². The van der Waals surface area contributed by atoms with Gasteiger partial charge in [-0.25, -0.2) is 0 Å². The van der Waals surface area contributed by atoms with Gasteiger partial charge in [0, 0.05) is 0 Å². The molecule has 0 fully saturated rings. The van der Waals surface area contributed by atoms with E-state index in [1.54, 1.807) is 6.92 Å². The number of primary amides is 2. The molecular formula is C8H15N3O3. The van der Waals surface area contributed by atoms with Gasteiger partial charge in [-0.1, -0.05) is 6.92 Å². The summed E-state index contributed by atoms with van der Waals surface area (Å²) in [5, 5.41) is 2.64. The summed E-state index contributed by atoms with van der Waals surface area (Å²) in [6.07, 6.45) is 0.989. The Morgan fingerprint density at radius 3 is 2.29 bits per heavy atom. The van der Waals surface area contributed by atoms with Gasteiger partial charge in [0.1, 0.15) is 6.29 Å². The van der Waals surface area contributed by atoms with Crippen molar-refractivity contribution < 1.29 is 14.4 Å². The number of aldehydes is 1. The van der Waals surface area contributed by atoms with E-state index in [4.69, 9.17) is 11.5 Å². The van der Waals surface area contributed by atoms with Crippen molar-refractivity contribution in [3.63, 3.8) is 0 Å². The van der Waals surface area contributed by atoms with Crippen LogP contribution in [0.1, 0.15) is 19.8 Å². The van der Waals surface area contributed by atoms with Gasteiger partial charge in [-0.2, -0.15) is 0 Å². The van der Waals surface area contributed by atoms with Crippen LogP contribution in [0.2, 0.25) is 0 Å². The van der Waals surface area contributed by atoms with Gasteiger partial charge in [0.25, 0.3) is 0 Å². The molecule has 0 rings (SSSR count). The Balaban J connectivity index is 4.28. The van der Waals surface area contributed by atoms with Crippen LogP contribution in [0.4, 0.5) is 0 Å². The molecule has 6 heteroatoms. The number of nitrogens with two attached hydrogens (primary N) is 2. The first-order chi connectivity index (χ1) is 6.51. The molecule has 2 atom stereocenters. The number of hydrogen-bond donors (Lipinski definition) is 3. The molecule has 1 unspecified atom stereocenters. The van der Waals surface area contributed by atoms with Gasteiger partial charge in [-0.3, -0.25) is 14.9 Å². The molecule has 0 aromatic rings. The zero-order valence-electron chi connectivity index (χ0n) is 8.03. The third-order valence-corrected chi connectivity index (χ3v) is 1.77. The normalized spacial score (nSPS) is 14.4. The highest BCUT2D eigenvalue weighted by Gasteiger charge is 2.20. The van der Waals surface area contributed by atoms with Crippen molar-refractivity contribution in [1.29, 1.82) is 0 Å². The second-order valence-corrected chi connectivity index (χ2v) is 2.94. The molecule has 0 heterocycles. The molecule has 0 spiro atoms. The van der Waals surface area contributed by atoms with Crippen LogP contribution in [-0.4, -0.2) is 30.2 Å². The SMILES string of the molecule is CCC(C=O)N[C@@H](CC(N)=O)C(N)=O. The first kappa shape index (κ1) is 12.6. The molecule has 0 aromatic heterocycles. The molecule has 6 nitrogen and oxygen atoms in total. The van der Waals surface area contributed by atoms with Gasteiger partial charge < -0.3 is 16.3 Å². The molecule has 0 bridgehead atoms. The highest BCUT2D eigenvalue weighted by atomic mass is 16.2. The number of rotatable bonds is 7. The van der Waals surface area contributed by atoms with E-state index < -0.39 is 23.9 Å². The molecule has 2 amide bonds. The van der Waals surface area contributed by atoms with E-state index in [0.29, 0.717) is 12.7 Å². The average molecular weight is 201 g/mol. The predicted octanol–water partition coefficient (Wildman–Crippen LogP) is -1.72. The van der Waals surface area contributed by atoms with Gasteiger partial charge in [-0.05, 0) is 6.42 Å². The summed E-state index contributed by atoms with van der Waals surface area (Å²) < 4.78 is 0. The van der Waals surface area contributed by atoms with E-state index in [-0.39, 0.29) is 6.42 Å². The van der Waals surface area contributed by atoms with E-state index in [0.717, 1.165) is 0 Å². The lowest BCUT2D eigenvalue weighted by Gasteiger charge is -2.17. The molecule has 0 aliphatic rings. The predicted molar refractivity (Wildman–Crippen MR) is 50.1 cm³/mol. The largest absolute Gasteiger partial charge is 0.370 e. The van der Waals surface area contributed by atoms with Crippen LogP contribution >= 0.6 is 0 Å². The molecule has 14 heavy (non-hydrogen) atoms. The Labute approximate surface area is 82.0 Å². The summed E-state index contributed by atoms with van der Waals surface area (Å²) in [7, 11) is 0. The lowest BCUT2D eigenvalue weighted by atomic mass is 10.1. The number of carbonyl (C=O) groups excluding carboxylic acids is 3. The topological polar surface area (TPSA) is 115 Å². The van der Waals surface area contributed by atoms with E-state index in [1.165, 1.54) is 0 Å². The fourth-order valence-corrected chi connectivity index (χ4v) is 0.955. The first-order valence-corrected chi connectivity index (χ1v) is 4.30. The lowest BCUT2D eigenvalue weighted by Crippen LogP contribution is -2.48. The first-order valence-electron chi connectivity index (χ1n) is 4.30. The zero-order chi connectivity index (χ0) is 11.1. The highest BCUT2D eigenvalue weighted by molar-refractivity contribution is 5.86. The Morgan fingerprint density at radius 2 is 2.00 bits per heavy atom. The van der Waals surface area contributed by atoms with Crippen molar-refractivity contribution in [2.24, 2.45) is 11.5 Å². The summed E-state index contributed by atoms with van der Waals surface area (Å²) in [5.74, 6) is -1.33. The van der Waals surface area contributed by atoms with E-state index >= 15 is 0 Å². The van der Waals surface area contributed by atoms with Crippen molar-refractivity contribution in [1.82, 2.24) is 5.32 Å². The van der Waals surface area contributed by atoms with Crippen LogP contribution in [0, 0.1) is 0 Å². The van der Waals surface area contributed by atoms with Gasteiger partial charge in [0.2, 0.25) is 11.8 Å². The molecule has 0 aromatic carbocycles. The fraction of sp³-hybridized carbons (Fsp3) is 0.625. The maximum absolute atomic E-state index is 10.8. The maximum atomic E-state index is 10.8. The number of nitrogens with one attached hydrogen (secondary N) is 1. The molecule has 0 saturated heterocycles. The van der Waals surface area contributed by atoms with Crippen molar-refractivity contribution in [3.8, 4) is 0 Å². The van der Waals surface area contributed by atoms with Gasteiger partial charge in [-0.15, -0.1) is 0 Å². The minimum Gasteiger partial charge on any atom is -0.370 e. The van der Waals surface area contributed by atoms with Gasteiger partial charge in [0.05, 0.1) is 18.5 Å². The minimum atomic E-state index is -0.873. The lowest BCUT2D eigenvalue weighted by molar-refractivity contribution is -0.125. The molecular weight excluding hydrogens is 186 g/mol. The number of hydrogen-bond acceptors (Lipinski definition) is 4. The summed E-state index contributed by atoms with van der Waals surface area (Å²) in [4.78, 5) is 31.8. The Kier molecular flexibility index (Phi) is 5.47. The Morgan fingerprint density at radius 1 is 1.43 bits per heavy atom. The minimum absolute atomic E-state index is 0.195. The highest BCUT2D eigenvalue weighted by Crippen LogP contribution is 1.95. The standard InChI is InChI=1S/C8H15N3O3/c1-2-5(4-12)11-6(8(10)14)3-7(9)13/h4-6,11H,2-3H2,1H3,(H2,9,13)(H2,10,14)/t5?,6-/m0/s1. The van der Waals surface area contributed by atoms with E-state index in [9.17, 15) is 14.4 Å². The molecule has 5 N–H and O–H groups in total. The van der Waals surface area contributed by atoms with Crippen LogP contribution in [0.5, 0.6) is 0 Å². The van der Waals surface area contributed by atoms with E-state index in [2.05, 4.69) is 5.32 Å². The summed E-state index contributed by atoms with van der Waals surface area (Å²) >= 11 is 0. The number of amides is 2. The van der Waals surface area contributed by atoms with Crippen LogP contribution in [0.15, 0.2) is 0 Å². The molecule has 0 aliphatic heterocycles. The fourth-order valence-electron chi connectivity index (χ4n) is 0.955. The van der Waals surface area contributed by atoms with Gasteiger partial charge in [0.15, 0.2) is 0 Å². The van der Waals surface area contributed by atoms with Crippen molar-refractivity contribution >= 4 is 18.1 Å². The Bertz CT molecular complexity index is 230. The zero-order valence-corrected chi connectivity index (χ0v) is 8.03. The third-order valence-electron chi connectivity index (χ3n) is 1.77. The van der Waals surface area contributed by atoms with Crippen molar-refractivity contribution in [2.45, 2.75) is 31.8 Å². The molecule has 0 aliphatic carbocycles. The van der Waals surface area contributed by atoms with Crippen LogP contribution in [-0.2, 0) is 14.4 Å².